The van der Waals surface area contributed by atoms with Gasteiger partial charge in [-0.05, 0) is 6.54 Å². The first-order valence-corrected chi connectivity index (χ1v) is 2.94. The van der Waals surface area contributed by atoms with Crippen LogP contribution < -0.4 is 0 Å². The second-order valence-electron chi connectivity index (χ2n) is 1.71. The Kier molecular flexibility index (Phi) is 4.69. The minimum atomic E-state index is 0.653. The monoisotopic (exact) mass is 121 g/mol. The third kappa shape index (κ3) is 3.64. The molecule has 48 valence electrons. The second kappa shape index (κ2) is 5.22. The van der Waals surface area contributed by atoms with Crippen LogP contribution in [0.4, 0.5) is 0 Å². The highest BCUT2D eigenvalue weighted by atomic mass is 15.1. The maximum absolute atomic E-state index is 5.08. The molecule has 0 heterocycles. The van der Waals surface area contributed by atoms with Crippen LogP contribution in [0.25, 0.3) is 0 Å². The van der Waals surface area contributed by atoms with Crippen molar-refractivity contribution in [1.29, 1.82) is 0 Å². The fourth-order valence-corrected chi connectivity index (χ4v) is 0.538. The van der Waals surface area contributed by atoms with Gasteiger partial charge in [0, 0.05) is 0 Å². The fraction of sp³-hybridized carbons (Fsp3) is 0.500. The molecule has 0 unspecified atom stereocenters. The van der Waals surface area contributed by atoms with Crippen molar-refractivity contribution in [3.05, 3.63) is 0 Å². The first-order valence-electron chi connectivity index (χ1n) is 2.94. The molecule has 0 bridgehead atoms. The topological polar surface area (TPSA) is 3.24 Å². The van der Waals surface area contributed by atoms with Gasteiger partial charge in [-0.25, -0.2) is 0 Å². The highest BCUT2D eigenvalue weighted by Gasteiger charge is 1.93. The van der Waals surface area contributed by atoms with Crippen LogP contribution in [0.1, 0.15) is 6.92 Å². The van der Waals surface area contributed by atoms with Crippen LogP contribution in [0, 0.1) is 24.7 Å². The highest BCUT2D eigenvalue weighted by molar-refractivity contribution is 4.93. The average Bonchev–Trinajstić information content (AvgIpc) is 1.88. The van der Waals surface area contributed by atoms with E-state index in [0.29, 0.717) is 13.1 Å². The van der Waals surface area contributed by atoms with E-state index in [9.17, 15) is 0 Å². The number of hydrogen-bond donors (Lipinski definition) is 0. The van der Waals surface area contributed by atoms with Gasteiger partial charge in [-0.3, -0.25) is 4.90 Å². The van der Waals surface area contributed by atoms with E-state index in [1.807, 2.05) is 11.8 Å². The van der Waals surface area contributed by atoms with Crippen LogP contribution in [0.5, 0.6) is 0 Å². The SMILES string of the molecule is C#CCN(CC)CC#C. The Labute approximate surface area is 57.1 Å². The van der Waals surface area contributed by atoms with E-state index in [1.54, 1.807) is 0 Å². The molecule has 0 saturated carbocycles. The summed E-state index contributed by atoms with van der Waals surface area (Å²) in [6.07, 6.45) is 10.2. The molecule has 0 aromatic rings. The number of rotatable bonds is 3. The van der Waals surface area contributed by atoms with Gasteiger partial charge in [-0.15, -0.1) is 12.8 Å². The first kappa shape index (κ1) is 8.08. The van der Waals surface area contributed by atoms with Crippen LogP contribution in [0.2, 0.25) is 0 Å². The van der Waals surface area contributed by atoms with Crippen molar-refractivity contribution in [2.24, 2.45) is 0 Å². The van der Waals surface area contributed by atoms with Crippen molar-refractivity contribution in [2.45, 2.75) is 6.92 Å². The van der Waals surface area contributed by atoms with Crippen LogP contribution in [0.3, 0.4) is 0 Å². The number of hydrogen-bond acceptors (Lipinski definition) is 1. The van der Waals surface area contributed by atoms with Crippen molar-refractivity contribution in [3.63, 3.8) is 0 Å². The minimum absolute atomic E-state index is 0.653. The molecule has 1 nitrogen and oxygen atoms in total. The summed E-state index contributed by atoms with van der Waals surface area (Å²) in [5.74, 6) is 5.07. The molecule has 0 atom stereocenters. The summed E-state index contributed by atoms with van der Waals surface area (Å²) in [6.45, 7) is 4.27. The summed E-state index contributed by atoms with van der Waals surface area (Å²) < 4.78 is 0. The maximum atomic E-state index is 5.08. The normalized spacial score (nSPS) is 8.44. The molecular weight excluding hydrogens is 110 g/mol. The van der Waals surface area contributed by atoms with Crippen LogP contribution in [-0.2, 0) is 0 Å². The molecule has 0 aromatic carbocycles. The zero-order chi connectivity index (χ0) is 7.11. The molecule has 1 heteroatoms. The lowest BCUT2D eigenvalue weighted by atomic mass is 10.5. The van der Waals surface area contributed by atoms with Gasteiger partial charge in [-0.1, -0.05) is 18.8 Å². The molecule has 0 aliphatic rings. The molecule has 0 saturated heterocycles. The number of nitrogens with zero attached hydrogens (tertiary/aromatic N) is 1. The zero-order valence-electron chi connectivity index (χ0n) is 5.72. The summed E-state index contributed by atoms with van der Waals surface area (Å²) >= 11 is 0. The van der Waals surface area contributed by atoms with Gasteiger partial charge >= 0.3 is 0 Å². The third-order valence-electron chi connectivity index (χ3n) is 1.08. The van der Waals surface area contributed by atoms with E-state index < -0.39 is 0 Å². The second-order valence-corrected chi connectivity index (χ2v) is 1.71. The summed E-state index contributed by atoms with van der Waals surface area (Å²) in [4.78, 5) is 2.01. The van der Waals surface area contributed by atoms with E-state index >= 15 is 0 Å². The molecule has 0 aliphatic carbocycles. The summed E-state index contributed by atoms with van der Waals surface area (Å²) in [7, 11) is 0. The Bertz CT molecular complexity index is 120. The molecule has 0 spiro atoms. The van der Waals surface area contributed by atoms with E-state index in [-0.39, 0.29) is 0 Å². The lowest BCUT2D eigenvalue weighted by Crippen LogP contribution is -2.23. The summed E-state index contributed by atoms with van der Waals surface area (Å²) in [5, 5.41) is 0. The highest BCUT2D eigenvalue weighted by Crippen LogP contribution is 1.82. The Balaban J connectivity index is 3.47. The lowest BCUT2D eigenvalue weighted by Gasteiger charge is -2.12. The van der Waals surface area contributed by atoms with E-state index in [0.717, 1.165) is 6.54 Å². The molecule has 0 amide bonds. The summed E-state index contributed by atoms with van der Waals surface area (Å²) in [5.41, 5.74) is 0. The Morgan fingerprint density at radius 3 is 1.89 bits per heavy atom. The predicted octanol–water partition coefficient (Wildman–Crippen LogP) is 0.575. The minimum Gasteiger partial charge on any atom is -0.281 e. The van der Waals surface area contributed by atoms with Gasteiger partial charge in [0.1, 0.15) is 0 Å². The van der Waals surface area contributed by atoms with Crippen LogP contribution >= 0.6 is 0 Å². The van der Waals surface area contributed by atoms with Gasteiger partial charge < -0.3 is 0 Å². The lowest BCUT2D eigenvalue weighted by molar-refractivity contribution is 0.365. The Hall–Kier alpha value is -0.920. The van der Waals surface area contributed by atoms with Crippen molar-refractivity contribution in [2.75, 3.05) is 19.6 Å². The van der Waals surface area contributed by atoms with Gasteiger partial charge in [-0.2, -0.15) is 0 Å². The smallest absolute Gasteiger partial charge is 0.0607 e. The quantitative estimate of drug-likeness (QED) is 0.493. The van der Waals surface area contributed by atoms with Crippen molar-refractivity contribution in [3.8, 4) is 24.7 Å². The van der Waals surface area contributed by atoms with Crippen molar-refractivity contribution < 1.29 is 0 Å². The van der Waals surface area contributed by atoms with E-state index in [1.165, 1.54) is 0 Å². The van der Waals surface area contributed by atoms with Crippen molar-refractivity contribution in [1.82, 2.24) is 4.90 Å². The van der Waals surface area contributed by atoms with Gasteiger partial charge in [0.25, 0.3) is 0 Å². The Morgan fingerprint density at radius 2 is 1.67 bits per heavy atom. The fourth-order valence-electron chi connectivity index (χ4n) is 0.538. The van der Waals surface area contributed by atoms with Crippen LogP contribution in [0.15, 0.2) is 0 Å². The zero-order valence-corrected chi connectivity index (χ0v) is 5.72. The summed E-state index contributed by atoms with van der Waals surface area (Å²) in [6, 6.07) is 0. The first-order chi connectivity index (χ1) is 4.35. The molecule has 9 heavy (non-hydrogen) atoms. The molecule has 0 fully saturated rings. The van der Waals surface area contributed by atoms with E-state index in [4.69, 9.17) is 12.8 Å². The third-order valence-corrected chi connectivity index (χ3v) is 1.08. The Morgan fingerprint density at radius 1 is 1.22 bits per heavy atom. The predicted molar refractivity (Wildman–Crippen MR) is 39.8 cm³/mol. The molecule has 0 N–H and O–H groups in total. The molecule has 0 aliphatic heterocycles. The van der Waals surface area contributed by atoms with Crippen LogP contribution in [-0.4, -0.2) is 24.5 Å². The maximum Gasteiger partial charge on any atom is 0.0607 e. The largest absolute Gasteiger partial charge is 0.281 e. The van der Waals surface area contributed by atoms with Gasteiger partial charge in [0.05, 0.1) is 13.1 Å². The molecule has 0 radical (unpaired) electrons. The molecule has 0 rings (SSSR count). The van der Waals surface area contributed by atoms with Gasteiger partial charge in [0.2, 0.25) is 0 Å². The standard InChI is InChI=1S/C8H11N/c1-4-7-9(6-3)8-5-2/h1-2H,6-8H2,3H3. The average molecular weight is 121 g/mol. The van der Waals surface area contributed by atoms with E-state index in [2.05, 4.69) is 11.8 Å². The number of terminal acetylenes is 2. The molecule has 0 aromatic heterocycles. The van der Waals surface area contributed by atoms with Gasteiger partial charge in [0.15, 0.2) is 0 Å². The molecular formula is C8H11N. The van der Waals surface area contributed by atoms with Crippen molar-refractivity contribution >= 4 is 0 Å².